The highest BCUT2D eigenvalue weighted by Gasteiger charge is 2.61. The number of anilines is 1. The van der Waals surface area contributed by atoms with Crippen molar-refractivity contribution in [3.05, 3.63) is 59.8 Å². The largest absolute Gasteiger partial charge is 0.489 e. The van der Waals surface area contributed by atoms with Crippen LogP contribution in [0.25, 0.3) is 10.9 Å². The second-order valence-electron chi connectivity index (χ2n) is 8.11. The minimum atomic E-state index is -4.35. The number of aromatic amines is 1. The van der Waals surface area contributed by atoms with Gasteiger partial charge in [-0.05, 0) is 61.1 Å². The first-order valence-electron chi connectivity index (χ1n) is 9.54. The number of alkyl halides is 3. The van der Waals surface area contributed by atoms with Gasteiger partial charge in [0.2, 0.25) is 5.91 Å². The number of halogens is 3. The minimum absolute atomic E-state index is 0.0805. The molecule has 7 heteroatoms. The van der Waals surface area contributed by atoms with E-state index in [9.17, 15) is 18.0 Å². The molecular formula is C22H19F3N2O2. The van der Waals surface area contributed by atoms with E-state index in [2.05, 4.69) is 10.3 Å². The van der Waals surface area contributed by atoms with E-state index in [1.165, 1.54) is 12.1 Å². The molecule has 1 aromatic heterocycles. The van der Waals surface area contributed by atoms with E-state index in [0.717, 1.165) is 53.9 Å². The van der Waals surface area contributed by atoms with Crippen molar-refractivity contribution in [3.8, 4) is 5.75 Å². The van der Waals surface area contributed by atoms with Crippen molar-refractivity contribution in [3.63, 3.8) is 0 Å². The molecule has 150 valence electrons. The molecule has 0 radical (unpaired) electrons. The van der Waals surface area contributed by atoms with Gasteiger partial charge in [0.1, 0.15) is 12.4 Å². The normalized spacial score (nSPS) is 22.7. The lowest BCUT2D eigenvalue weighted by molar-refractivity contribution is -0.158. The van der Waals surface area contributed by atoms with Gasteiger partial charge < -0.3 is 15.0 Å². The van der Waals surface area contributed by atoms with Crippen LogP contribution in [0.5, 0.6) is 5.75 Å². The van der Waals surface area contributed by atoms with Gasteiger partial charge in [0, 0.05) is 17.1 Å². The first-order chi connectivity index (χ1) is 13.8. The summed E-state index contributed by atoms with van der Waals surface area (Å²) in [5, 5.41) is 3.88. The Hall–Kier alpha value is -2.96. The lowest BCUT2D eigenvalue weighted by Crippen LogP contribution is -2.58. The predicted octanol–water partition coefficient (Wildman–Crippen LogP) is 5.50. The predicted molar refractivity (Wildman–Crippen MR) is 102 cm³/mol. The van der Waals surface area contributed by atoms with Crippen LogP contribution in [0.1, 0.15) is 30.4 Å². The van der Waals surface area contributed by atoms with Crippen molar-refractivity contribution in [1.29, 1.82) is 0 Å². The molecule has 0 spiro atoms. The van der Waals surface area contributed by atoms with Crippen LogP contribution < -0.4 is 10.1 Å². The maximum absolute atomic E-state index is 12.7. The summed E-state index contributed by atoms with van der Waals surface area (Å²) in [5.74, 6) is 1.39. The zero-order valence-corrected chi connectivity index (χ0v) is 15.5. The van der Waals surface area contributed by atoms with Crippen LogP contribution in [-0.4, -0.2) is 10.9 Å². The first-order valence-corrected chi connectivity index (χ1v) is 9.54. The van der Waals surface area contributed by atoms with Crippen LogP contribution >= 0.6 is 0 Å². The van der Waals surface area contributed by atoms with Crippen LogP contribution in [0, 0.1) is 11.3 Å². The fourth-order valence-electron chi connectivity index (χ4n) is 4.26. The molecule has 3 aliphatic carbocycles. The van der Waals surface area contributed by atoms with Gasteiger partial charge in [-0.2, -0.15) is 13.2 Å². The number of carbonyl (C=O) groups excluding carboxylic acids is 1. The Bertz CT molecular complexity index is 1070. The first kappa shape index (κ1) is 18.1. The van der Waals surface area contributed by atoms with E-state index in [1.54, 1.807) is 12.3 Å². The van der Waals surface area contributed by atoms with E-state index in [0.29, 0.717) is 11.3 Å². The van der Waals surface area contributed by atoms with Crippen LogP contribution in [0.2, 0.25) is 0 Å². The van der Waals surface area contributed by atoms with Gasteiger partial charge in [-0.3, -0.25) is 4.79 Å². The van der Waals surface area contributed by atoms with E-state index in [1.807, 2.05) is 12.1 Å². The van der Waals surface area contributed by atoms with Gasteiger partial charge >= 0.3 is 6.18 Å². The fraction of sp³-hybridized carbons (Fsp3) is 0.318. The monoisotopic (exact) mass is 400 g/mol. The number of fused-ring (bicyclic) bond motifs is 1. The number of H-pyrrole nitrogens is 1. The molecular weight excluding hydrogens is 381 g/mol. The van der Waals surface area contributed by atoms with E-state index < -0.39 is 11.7 Å². The molecule has 2 N–H and O–H groups in total. The maximum atomic E-state index is 12.7. The quantitative estimate of drug-likeness (QED) is 0.594. The summed E-state index contributed by atoms with van der Waals surface area (Å²) in [7, 11) is 0. The smallest absolute Gasteiger partial charge is 0.416 e. The molecule has 0 aliphatic heterocycles. The highest BCUT2D eigenvalue weighted by molar-refractivity contribution is 6.04. The molecule has 3 aliphatic rings. The van der Waals surface area contributed by atoms with Crippen molar-refractivity contribution in [2.75, 3.05) is 5.32 Å². The average molecular weight is 400 g/mol. The second kappa shape index (κ2) is 6.27. The Morgan fingerprint density at radius 2 is 1.86 bits per heavy atom. The van der Waals surface area contributed by atoms with Crippen molar-refractivity contribution in [1.82, 2.24) is 4.98 Å². The molecule has 2 bridgehead atoms. The van der Waals surface area contributed by atoms with Crippen molar-refractivity contribution < 1.29 is 22.7 Å². The highest BCUT2D eigenvalue weighted by atomic mass is 19.4. The van der Waals surface area contributed by atoms with Crippen molar-refractivity contribution >= 4 is 22.5 Å². The fourth-order valence-corrected chi connectivity index (χ4v) is 4.26. The third-order valence-corrected chi connectivity index (χ3v) is 6.11. The van der Waals surface area contributed by atoms with E-state index >= 15 is 0 Å². The van der Waals surface area contributed by atoms with Gasteiger partial charge in [0.05, 0.1) is 16.7 Å². The number of hydrogen-bond acceptors (Lipinski definition) is 2. The number of aromatic nitrogens is 1. The second-order valence-corrected chi connectivity index (χ2v) is 8.11. The van der Waals surface area contributed by atoms with Crippen LogP contribution in [0.4, 0.5) is 18.9 Å². The lowest BCUT2D eigenvalue weighted by Gasteiger charge is -2.60. The average Bonchev–Trinajstić information content (AvgIpc) is 2.99. The number of rotatable bonds is 5. The van der Waals surface area contributed by atoms with Crippen molar-refractivity contribution in [2.24, 2.45) is 11.3 Å². The third-order valence-electron chi connectivity index (χ3n) is 6.11. The van der Waals surface area contributed by atoms with Crippen LogP contribution in [0.3, 0.4) is 0 Å². The SMILES string of the molecule is O=C(Nc1c[nH]c2ccc(OCc3ccc(C(F)(F)F)cc3)cc12)C12CC(C1)C2. The van der Waals surface area contributed by atoms with Gasteiger partial charge in [0.25, 0.3) is 0 Å². The Balaban J connectivity index is 1.29. The summed E-state index contributed by atoms with van der Waals surface area (Å²) in [6, 6.07) is 10.4. The third kappa shape index (κ3) is 3.14. The van der Waals surface area contributed by atoms with Crippen LogP contribution in [0.15, 0.2) is 48.7 Å². The summed E-state index contributed by atoms with van der Waals surface area (Å²) < 4.78 is 43.7. The summed E-state index contributed by atoms with van der Waals surface area (Å²) in [6.07, 6.45) is 0.390. The Morgan fingerprint density at radius 3 is 2.48 bits per heavy atom. The molecule has 3 fully saturated rings. The maximum Gasteiger partial charge on any atom is 0.416 e. The molecule has 29 heavy (non-hydrogen) atoms. The van der Waals surface area contributed by atoms with Crippen molar-refractivity contribution in [2.45, 2.75) is 32.0 Å². The number of nitrogens with one attached hydrogen (secondary N) is 2. The molecule has 2 aromatic carbocycles. The van der Waals surface area contributed by atoms with Gasteiger partial charge in [0.15, 0.2) is 0 Å². The van der Waals surface area contributed by atoms with E-state index in [4.69, 9.17) is 4.74 Å². The summed E-state index contributed by atoms with van der Waals surface area (Å²) in [6.45, 7) is 0.153. The number of carbonyl (C=O) groups is 1. The van der Waals surface area contributed by atoms with Gasteiger partial charge in [-0.15, -0.1) is 0 Å². The molecule has 0 saturated heterocycles. The molecule has 3 aromatic rings. The summed E-state index contributed by atoms with van der Waals surface area (Å²) >= 11 is 0. The lowest BCUT2D eigenvalue weighted by atomic mass is 9.44. The molecule has 6 rings (SSSR count). The molecule has 1 heterocycles. The Labute approximate surface area is 165 Å². The molecule has 0 unspecified atom stereocenters. The topological polar surface area (TPSA) is 54.1 Å². The number of hydrogen-bond donors (Lipinski definition) is 2. The summed E-state index contributed by atoms with van der Waals surface area (Å²) in [5.41, 5.74) is 1.39. The zero-order valence-electron chi connectivity index (χ0n) is 15.5. The van der Waals surface area contributed by atoms with Gasteiger partial charge in [-0.1, -0.05) is 12.1 Å². The standard InChI is InChI=1S/C22H19F3N2O2/c23-22(24,25)15-3-1-13(2-4-15)12-29-16-5-6-18-17(7-16)19(11-26-18)27-20(28)21-8-14(9-21)10-21/h1-7,11,14,26H,8-10,12H2,(H,27,28). The summed E-state index contributed by atoms with van der Waals surface area (Å²) in [4.78, 5) is 15.7. The molecule has 0 atom stereocenters. The van der Waals surface area contributed by atoms with Gasteiger partial charge in [-0.25, -0.2) is 0 Å². The van der Waals surface area contributed by atoms with Crippen LogP contribution in [-0.2, 0) is 17.6 Å². The Morgan fingerprint density at radius 1 is 1.14 bits per heavy atom. The number of amides is 1. The zero-order chi connectivity index (χ0) is 20.2. The number of benzene rings is 2. The minimum Gasteiger partial charge on any atom is -0.489 e. The molecule has 1 amide bonds. The molecule has 4 nitrogen and oxygen atoms in total. The number of ether oxygens (including phenoxy) is 1. The van der Waals surface area contributed by atoms with E-state index in [-0.39, 0.29) is 17.9 Å². The Kier molecular flexibility index (Phi) is 3.91. The highest BCUT2D eigenvalue weighted by Crippen LogP contribution is 2.64. The molecule has 3 saturated carbocycles.